The normalized spacial score (nSPS) is 17.4. The molecule has 0 bridgehead atoms. The van der Waals surface area contributed by atoms with Gasteiger partial charge in [0, 0.05) is 36.1 Å². The van der Waals surface area contributed by atoms with Crippen molar-refractivity contribution in [2.24, 2.45) is 0 Å². The number of pyridine rings is 1. The van der Waals surface area contributed by atoms with E-state index in [1.807, 2.05) is 55.0 Å². The molecule has 180 valence electrons. The van der Waals surface area contributed by atoms with Crippen LogP contribution in [0.3, 0.4) is 0 Å². The van der Waals surface area contributed by atoms with E-state index < -0.39 is 0 Å². The zero-order chi connectivity index (χ0) is 24.5. The highest BCUT2D eigenvalue weighted by Crippen LogP contribution is 2.27. The zero-order valence-corrected chi connectivity index (χ0v) is 20.2. The number of nitrogens with one attached hydrogen (secondary N) is 3. The molecule has 0 aliphatic carbocycles. The van der Waals surface area contributed by atoms with Crippen LogP contribution >= 0.6 is 0 Å². The van der Waals surface area contributed by atoms with Crippen LogP contribution in [-0.2, 0) is 6.54 Å². The monoisotopic (exact) mass is 476 g/mol. The highest BCUT2D eigenvalue weighted by Gasteiger charge is 2.19. The molecule has 2 aliphatic heterocycles. The summed E-state index contributed by atoms with van der Waals surface area (Å²) in [5, 5.41) is 14.4. The number of carbonyl (C=O) groups excluding carboxylic acids is 1. The number of nitrogens with zero attached hydrogens (tertiary/aromatic N) is 3. The lowest BCUT2D eigenvalue weighted by molar-refractivity contribution is 0.0963. The van der Waals surface area contributed by atoms with E-state index in [0.29, 0.717) is 11.4 Å². The summed E-state index contributed by atoms with van der Waals surface area (Å²) in [5.74, 6) is -0.255. The second kappa shape index (κ2) is 9.43. The molecule has 6 rings (SSSR count). The van der Waals surface area contributed by atoms with Gasteiger partial charge in [0.15, 0.2) is 5.69 Å². The van der Waals surface area contributed by atoms with E-state index in [9.17, 15) is 4.79 Å². The number of aromatic amines is 1. The highest BCUT2D eigenvalue weighted by atomic mass is 16.2. The SMILES string of the molecule is Cc1ccccc1C1C=CC(NC(=O)c2n[nH]c3ccc(-c4cncc(CN5CCC5)c4)cc23)=CN1. The molecule has 4 heterocycles. The highest BCUT2D eigenvalue weighted by molar-refractivity contribution is 6.06. The molecule has 2 aliphatic rings. The molecule has 7 heteroatoms. The summed E-state index contributed by atoms with van der Waals surface area (Å²) < 4.78 is 0. The van der Waals surface area contributed by atoms with Crippen molar-refractivity contribution in [2.45, 2.75) is 25.9 Å². The molecular formula is C29H28N6O. The van der Waals surface area contributed by atoms with E-state index in [0.717, 1.165) is 41.7 Å². The first-order chi connectivity index (χ1) is 17.6. The molecule has 1 fully saturated rings. The predicted molar refractivity (Wildman–Crippen MR) is 141 cm³/mol. The minimum Gasteiger partial charge on any atom is -0.379 e. The van der Waals surface area contributed by atoms with Crippen LogP contribution in [-0.4, -0.2) is 39.1 Å². The van der Waals surface area contributed by atoms with Gasteiger partial charge in [-0.1, -0.05) is 36.4 Å². The third kappa shape index (κ3) is 4.41. The molecule has 0 saturated carbocycles. The summed E-state index contributed by atoms with van der Waals surface area (Å²) in [6.07, 6.45) is 10.9. The van der Waals surface area contributed by atoms with Gasteiger partial charge < -0.3 is 10.6 Å². The van der Waals surface area contributed by atoms with Crippen LogP contribution in [0.2, 0.25) is 0 Å². The topological polar surface area (TPSA) is 85.9 Å². The van der Waals surface area contributed by atoms with Crippen LogP contribution in [0, 0.1) is 6.92 Å². The molecule has 36 heavy (non-hydrogen) atoms. The fourth-order valence-electron chi connectivity index (χ4n) is 4.78. The number of fused-ring (bicyclic) bond motifs is 1. The number of dihydropyridines is 1. The average Bonchev–Trinajstić information content (AvgIpc) is 3.31. The molecule has 0 radical (unpaired) electrons. The first-order valence-corrected chi connectivity index (χ1v) is 12.3. The standard InChI is InChI=1S/C29H28N6O/c1-19-5-2-3-6-24(19)26-10-8-23(17-31-26)32-29(36)28-25-14-21(7-9-27(25)33-34-28)22-13-20(15-30-16-22)18-35-11-4-12-35/h2-3,5-10,13-17,26,31H,4,11-12,18H2,1H3,(H,32,36)(H,33,34). The van der Waals surface area contributed by atoms with Gasteiger partial charge in [0.05, 0.1) is 17.3 Å². The van der Waals surface area contributed by atoms with E-state index >= 15 is 0 Å². The molecule has 1 atom stereocenters. The Balaban J connectivity index is 1.19. The molecule has 2 aromatic carbocycles. The third-order valence-corrected chi connectivity index (χ3v) is 6.93. The van der Waals surface area contributed by atoms with Crippen molar-refractivity contribution in [3.63, 3.8) is 0 Å². The van der Waals surface area contributed by atoms with Crippen molar-refractivity contribution in [1.82, 2.24) is 30.7 Å². The van der Waals surface area contributed by atoms with E-state index in [4.69, 9.17) is 0 Å². The summed E-state index contributed by atoms with van der Waals surface area (Å²) >= 11 is 0. The molecule has 1 amide bonds. The number of carbonyl (C=O) groups is 1. The summed E-state index contributed by atoms with van der Waals surface area (Å²) in [6.45, 7) is 5.32. The fraction of sp³-hybridized carbons (Fsp3) is 0.207. The summed E-state index contributed by atoms with van der Waals surface area (Å²) in [7, 11) is 0. The van der Waals surface area contributed by atoms with Gasteiger partial charge >= 0.3 is 0 Å². The van der Waals surface area contributed by atoms with Gasteiger partial charge in [-0.2, -0.15) is 5.10 Å². The average molecular weight is 477 g/mol. The molecule has 0 spiro atoms. The van der Waals surface area contributed by atoms with E-state index in [2.05, 4.69) is 61.9 Å². The van der Waals surface area contributed by atoms with Crippen LogP contribution in [0.5, 0.6) is 0 Å². The first kappa shape index (κ1) is 22.2. The Morgan fingerprint density at radius 3 is 2.78 bits per heavy atom. The zero-order valence-electron chi connectivity index (χ0n) is 20.2. The van der Waals surface area contributed by atoms with Crippen LogP contribution < -0.4 is 10.6 Å². The van der Waals surface area contributed by atoms with Gasteiger partial charge in [0.25, 0.3) is 5.91 Å². The number of benzene rings is 2. The van der Waals surface area contributed by atoms with Crippen LogP contribution in [0.15, 0.2) is 85.0 Å². The van der Waals surface area contributed by atoms with E-state index in [1.165, 1.54) is 23.1 Å². The second-order valence-electron chi connectivity index (χ2n) is 9.46. The summed E-state index contributed by atoms with van der Waals surface area (Å²) in [6, 6.07) is 16.5. The second-order valence-corrected chi connectivity index (χ2v) is 9.46. The summed E-state index contributed by atoms with van der Waals surface area (Å²) in [5.41, 5.74) is 7.56. The van der Waals surface area contributed by atoms with E-state index in [-0.39, 0.29) is 11.9 Å². The number of hydrogen-bond acceptors (Lipinski definition) is 5. The number of likely N-dealkylation sites (tertiary alicyclic amines) is 1. The Bertz CT molecular complexity index is 1500. The number of aromatic nitrogens is 3. The minimum atomic E-state index is -0.255. The number of aryl methyl sites for hydroxylation is 1. The Kier molecular flexibility index (Phi) is 5.83. The number of hydrogen-bond donors (Lipinski definition) is 3. The van der Waals surface area contributed by atoms with Crippen LogP contribution in [0.25, 0.3) is 22.0 Å². The molecular weight excluding hydrogens is 448 g/mol. The smallest absolute Gasteiger partial charge is 0.276 e. The Labute approximate surface area is 209 Å². The predicted octanol–water partition coefficient (Wildman–Crippen LogP) is 4.61. The van der Waals surface area contributed by atoms with Gasteiger partial charge in [-0.15, -0.1) is 0 Å². The maximum atomic E-state index is 13.1. The number of amides is 1. The maximum absolute atomic E-state index is 13.1. The minimum absolute atomic E-state index is 0.0751. The van der Waals surface area contributed by atoms with Gasteiger partial charge in [0.2, 0.25) is 0 Å². The Hall–Kier alpha value is -4.23. The molecule has 4 aromatic rings. The molecule has 7 nitrogen and oxygen atoms in total. The number of allylic oxidation sites excluding steroid dienone is 1. The van der Waals surface area contributed by atoms with Crippen LogP contribution in [0.1, 0.15) is 39.6 Å². The maximum Gasteiger partial charge on any atom is 0.276 e. The number of rotatable bonds is 6. The lowest BCUT2D eigenvalue weighted by Crippen LogP contribution is -2.36. The van der Waals surface area contributed by atoms with Crippen molar-refractivity contribution in [1.29, 1.82) is 0 Å². The number of H-pyrrole nitrogens is 1. The Morgan fingerprint density at radius 2 is 2.00 bits per heavy atom. The van der Waals surface area contributed by atoms with Crippen molar-refractivity contribution in [3.8, 4) is 11.1 Å². The van der Waals surface area contributed by atoms with Crippen molar-refractivity contribution in [2.75, 3.05) is 13.1 Å². The van der Waals surface area contributed by atoms with Crippen molar-refractivity contribution in [3.05, 3.63) is 107 Å². The van der Waals surface area contributed by atoms with Crippen LogP contribution in [0.4, 0.5) is 0 Å². The molecule has 1 unspecified atom stereocenters. The van der Waals surface area contributed by atoms with E-state index in [1.54, 1.807) is 0 Å². The molecule has 3 N–H and O–H groups in total. The molecule has 2 aromatic heterocycles. The van der Waals surface area contributed by atoms with Gasteiger partial charge in [-0.3, -0.25) is 19.8 Å². The van der Waals surface area contributed by atoms with Gasteiger partial charge in [-0.25, -0.2) is 0 Å². The summed E-state index contributed by atoms with van der Waals surface area (Å²) in [4.78, 5) is 20.0. The van der Waals surface area contributed by atoms with Crippen molar-refractivity contribution >= 4 is 16.8 Å². The largest absolute Gasteiger partial charge is 0.379 e. The fourth-order valence-corrected chi connectivity index (χ4v) is 4.78. The third-order valence-electron chi connectivity index (χ3n) is 6.93. The molecule has 1 saturated heterocycles. The van der Waals surface area contributed by atoms with Gasteiger partial charge in [0.1, 0.15) is 0 Å². The van der Waals surface area contributed by atoms with Crippen molar-refractivity contribution < 1.29 is 4.79 Å². The first-order valence-electron chi connectivity index (χ1n) is 12.3. The lowest BCUT2D eigenvalue weighted by atomic mass is 9.99. The lowest BCUT2D eigenvalue weighted by Gasteiger charge is -2.30. The van der Waals surface area contributed by atoms with Gasteiger partial charge in [-0.05, 0) is 73.0 Å². The Morgan fingerprint density at radius 1 is 1.11 bits per heavy atom. The quantitative estimate of drug-likeness (QED) is 0.378.